The van der Waals surface area contributed by atoms with Crippen molar-refractivity contribution in [2.45, 2.75) is 56.5 Å². The highest BCUT2D eigenvalue weighted by Gasteiger charge is 2.41. The Morgan fingerprint density at radius 2 is 1.68 bits per heavy atom. The van der Waals surface area contributed by atoms with Gasteiger partial charge in [0.2, 0.25) is 23.8 Å². The molecule has 1 N–H and O–H groups in total. The van der Waals surface area contributed by atoms with Gasteiger partial charge in [0.05, 0.1) is 46.3 Å². The summed E-state index contributed by atoms with van der Waals surface area (Å²) in [6, 6.07) is 9.58. The largest absolute Gasteiger partial charge is 0.493 e. The first kappa shape index (κ1) is 27.7. The molecule has 3 rings (SSSR count). The van der Waals surface area contributed by atoms with Crippen LogP contribution in [0.1, 0.15) is 38.2 Å². The molecule has 37 heavy (non-hydrogen) atoms. The molecule has 2 aromatic rings. The molecule has 1 aliphatic rings. The summed E-state index contributed by atoms with van der Waals surface area (Å²) in [6.45, 7) is 1.82. The first-order valence-corrected chi connectivity index (χ1v) is 11.8. The van der Waals surface area contributed by atoms with Crippen LogP contribution >= 0.6 is 0 Å². The molecular formula is C26H32N2O9. The molecule has 0 radical (unpaired) electrons. The van der Waals surface area contributed by atoms with Crippen LogP contribution in [0.3, 0.4) is 0 Å². The number of nitrogens with zero attached hydrogens (tertiary/aromatic N) is 2. The number of benzene rings is 2. The number of nitro groups is 1. The number of para-hydroxylation sites is 2. The second-order valence-corrected chi connectivity index (χ2v) is 8.58. The SMILES string of the molecule is CCC(C#N)(CCC(O)C(CC1Oc2ccccc2O1)[N+](=O)[O-])c1cc(OC)c(OC)c(OC)c1OC. The number of hydrogen-bond donors (Lipinski definition) is 1. The lowest BCUT2D eigenvalue weighted by Crippen LogP contribution is -2.40. The van der Waals surface area contributed by atoms with Crippen LogP contribution in [0.4, 0.5) is 0 Å². The number of nitriles is 1. The number of aliphatic hydroxyl groups is 1. The molecule has 1 heterocycles. The van der Waals surface area contributed by atoms with Gasteiger partial charge in [0.25, 0.3) is 0 Å². The molecule has 0 fully saturated rings. The summed E-state index contributed by atoms with van der Waals surface area (Å²) < 4.78 is 33.3. The van der Waals surface area contributed by atoms with Crippen LogP contribution in [0.15, 0.2) is 30.3 Å². The third kappa shape index (κ3) is 5.44. The lowest BCUT2D eigenvalue weighted by molar-refractivity contribution is -0.538. The van der Waals surface area contributed by atoms with Crippen molar-refractivity contribution >= 4 is 0 Å². The number of methoxy groups -OCH3 is 4. The van der Waals surface area contributed by atoms with E-state index < -0.39 is 28.8 Å². The second kappa shape index (κ2) is 11.9. The van der Waals surface area contributed by atoms with Crippen molar-refractivity contribution in [2.24, 2.45) is 0 Å². The van der Waals surface area contributed by atoms with Gasteiger partial charge in [-0.2, -0.15) is 5.26 Å². The van der Waals surface area contributed by atoms with E-state index in [0.717, 1.165) is 0 Å². The van der Waals surface area contributed by atoms with Crippen LogP contribution in [0, 0.1) is 21.4 Å². The van der Waals surface area contributed by atoms with Crippen molar-refractivity contribution in [1.82, 2.24) is 0 Å². The Bertz CT molecular complexity index is 1120. The van der Waals surface area contributed by atoms with Gasteiger partial charge in [0, 0.05) is 10.5 Å². The van der Waals surface area contributed by atoms with Gasteiger partial charge in [0.15, 0.2) is 23.0 Å². The van der Waals surface area contributed by atoms with Crippen LogP contribution in [0.5, 0.6) is 34.5 Å². The fraction of sp³-hybridized carbons (Fsp3) is 0.500. The fourth-order valence-electron chi connectivity index (χ4n) is 4.60. The summed E-state index contributed by atoms with van der Waals surface area (Å²) in [5, 5.41) is 33.1. The number of fused-ring (bicyclic) bond motifs is 1. The first-order chi connectivity index (χ1) is 17.8. The van der Waals surface area contributed by atoms with Gasteiger partial charge < -0.3 is 33.5 Å². The number of hydrogen-bond acceptors (Lipinski definition) is 10. The quantitative estimate of drug-likeness (QED) is 0.308. The Balaban J connectivity index is 1.86. The number of ether oxygens (including phenoxy) is 6. The van der Waals surface area contributed by atoms with Crippen molar-refractivity contribution in [1.29, 1.82) is 5.26 Å². The Kier molecular flexibility index (Phi) is 8.89. The van der Waals surface area contributed by atoms with Gasteiger partial charge in [-0.25, -0.2) is 0 Å². The van der Waals surface area contributed by atoms with Crippen LogP contribution < -0.4 is 28.4 Å². The van der Waals surface area contributed by atoms with Crippen molar-refractivity contribution in [2.75, 3.05) is 28.4 Å². The predicted octanol–water partition coefficient (Wildman–Crippen LogP) is 3.87. The molecule has 0 spiro atoms. The molecule has 0 amide bonds. The highest BCUT2D eigenvalue weighted by atomic mass is 16.7. The lowest BCUT2D eigenvalue weighted by Gasteiger charge is -2.30. The van der Waals surface area contributed by atoms with Gasteiger partial charge in [-0.15, -0.1) is 0 Å². The zero-order valence-corrected chi connectivity index (χ0v) is 21.6. The Morgan fingerprint density at radius 1 is 1.08 bits per heavy atom. The van der Waals surface area contributed by atoms with Crippen LogP contribution in [-0.2, 0) is 5.41 Å². The van der Waals surface area contributed by atoms with E-state index in [2.05, 4.69) is 6.07 Å². The maximum absolute atomic E-state index is 11.9. The lowest BCUT2D eigenvalue weighted by atomic mass is 9.74. The van der Waals surface area contributed by atoms with E-state index in [1.807, 2.05) is 6.92 Å². The molecular weight excluding hydrogens is 484 g/mol. The van der Waals surface area contributed by atoms with E-state index in [0.29, 0.717) is 35.0 Å². The van der Waals surface area contributed by atoms with Crippen molar-refractivity contribution in [3.63, 3.8) is 0 Å². The average molecular weight is 517 g/mol. The highest BCUT2D eigenvalue weighted by molar-refractivity contribution is 5.65. The molecule has 0 saturated heterocycles. The Morgan fingerprint density at radius 3 is 2.14 bits per heavy atom. The Hall–Kier alpha value is -3.91. The molecule has 0 saturated carbocycles. The maximum Gasteiger partial charge on any atom is 0.248 e. The van der Waals surface area contributed by atoms with E-state index in [1.165, 1.54) is 28.4 Å². The zero-order chi connectivity index (χ0) is 27.2. The molecule has 11 heteroatoms. The minimum Gasteiger partial charge on any atom is -0.493 e. The fourth-order valence-corrected chi connectivity index (χ4v) is 4.60. The second-order valence-electron chi connectivity index (χ2n) is 8.58. The van der Waals surface area contributed by atoms with Crippen LogP contribution in [0.2, 0.25) is 0 Å². The number of rotatable bonds is 13. The summed E-state index contributed by atoms with van der Waals surface area (Å²) in [5.74, 6) is 2.17. The summed E-state index contributed by atoms with van der Waals surface area (Å²) in [6.07, 6.45) is -2.03. The van der Waals surface area contributed by atoms with Gasteiger partial charge in [-0.3, -0.25) is 10.1 Å². The van der Waals surface area contributed by atoms with Gasteiger partial charge in [-0.1, -0.05) is 19.1 Å². The molecule has 3 atom stereocenters. The molecule has 200 valence electrons. The number of aliphatic hydroxyl groups excluding tert-OH is 1. The minimum atomic E-state index is -1.37. The molecule has 0 aromatic heterocycles. The molecule has 0 aliphatic carbocycles. The summed E-state index contributed by atoms with van der Waals surface area (Å²) in [4.78, 5) is 11.3. The van der Waals surface area contributed by atoms with Gasteiger partial charge >= 0.3 is 0 Å². The molecule has 0 bridgehead atoms. The summed E-state index contributed by atoms with van der Waals surface area (Å²) >= 11 is 0. The topological polar surface area (TPSA) is 143 Å². The van der Waals surface area contributed by atoms with Gasteiger partial charge in [-0.05, 0) is 37.5 Å². The molecule has 3 unspecified atom stereocenters. The van der Waals surface area contributed by atoms with E-state index in [9.17, 15) is 20.5 Å². The van der Waals surface area contributed by atoms with Crippen molar-refractivity contribution in [3.8, 4) is 40.6 Å². The van der Waals surface area contributed by atoms with Crippen molar-refractivity contribution < 1.29 is 38.5 Å². The monoisotopic (exact) mass is 516 g/mol. The maximum atomic E-state index is 11.9. The van der Waals surface area contributed by atoms with E-state index in [1.54, 1.807) is 30.3 Å². The van der Waals surface area contributed by atoms with Crippen molar-refractivity contribution in [3.05, 3.63) is 46.0 Å². The summed E-state index contributed by atoms with van der Waals surface area (Å²) in [7, 11) is 5.81. The van der Waals surface area contributed by atoms with E-state index in [-0.39, 0.29) is 30.8 Å². The third-order valence-corrected chi connectivity index (χ3v) is 6.70. The Labute approximate surface area is 215 Å². The smallest absolute Gasteiger partial charge is 0.248 e. The van der Waals surface area contributed by atoms with Crippen LogP contribution in [-0.4, -0.2) is 56.9 Å². The summed E-state index contributed by atoms with van der Waals surface area (Å²) in [5.41, 5.74) is -0.700. The van der Waals surface area contributed by atoms with E-state index in [4.69, 9.17) is 28.4 Å². The minimum absolute atomic E-state index is 0.0352. The van der Waals surface area contributed by atoms with Gasteiger partial charge in [0.1, 0.15) is 6.10 Å². The van der Waals surface area contributed by atoms with E-state index >= 15 is 0 Å². The average Bonchev–Trinajstić information content (AvgIpc) is 3.33. The molecule has 2 aromatic carbocycles. The van der Waals surface area contributed by atoms with Crippen LogP contribution in [0.25, 0.3) is 0 Å². The zero-order valence-electron chi connectivity index (χ0n) is 21.6. The standard InChI is InChI=1S/C26H32N2O9/c1-6-26(15-27,16-13-21(32-2)24(34-4)25(35-5)23(16)33-3)12-11-18(29)17(28(30)31)14-22-36-19-9-7-8-10-20(19)37-22/h7-10,13,17-18,22,29H,6,11-12,14H2,1-5H3. The molecule has 1 aliphatic heterocycles. The third-order valence-electron chi connectivity index (χ3n) is 6.70. The first-order valence-electron chi connectivity index (χ1n) is 11.8. The highest BCUT2D eigenvalue weighted by Crippen LogP contribution is 2.51. The predicted molar refractivity (Wildman–Crippen MR) is 132 cm³/mol. The molecule has 11 nitrogen and oxygen atoms in total. The normalized spacial score (nSPS) is 15.7.